The number of fused-ring (bicyclic) bond motifs is 3. The Bertz CT molecular complexity index is 860. The van der Waals surface area contributed by atoms with Gasteiger partial charge in [0.15, 0.2) is 0 Å². The zero-order valence-electron chi connectivity index (χ0n) is 9.21. The first-order chi connectivity index (χ1) is 8.81. The Morgan fingerprint density at radius 1 is 1.11 bits per heavy atom. The second-order valence-electron chi connectivity index (χ2n) is 3.82. The van der Waals surface area contributed by atoms with Crippen LogP contribution in [0.5, 0.6) is 0 Å². The van der Waals surface area contributed by atoms with Gasteiger partial charge in [-0.25, -0.2) is 0 Å². The Labute approximate surface area is 110 Å². The van der Waals surface area contributed by atoms with Gasteiger partial charge >= 0.3 is 110 Å². The van der Waals surface area contributed by atoms with Crippen molar-refractivity contribution in [1.82, 2.24) is 0 Å². The molecule has 1 aromatic heterocycles. The molecule has 0 atom stereocenters. The van der Waals surface area contributed by atoms with Gasteiger partial charge in [0.05, 0.1) is 0 Å². The van der Waals surface area contributed by atoms with Gasteiger partial charge in [0.2, 0.25) is 0 Å². The van der Waals surface area contributed by atoms with Crippen LogP contribution in [0.3, 0.4) is 0 Å². The number of benzene rings is 2. The van der Waals surface area contributed by atoms with Crippen molar-refractivity contribution in [3.05, 3.63) is 52.9 Å². The summed E-state index contributed by atoms with van der Waals surface area (Å²) in [5, 5.41) is 2.50. The fourth-order valence-electron chi connectivity index (χ4n) is 1.98. The first kappa shape index (κ1) is 11.1. The summed E-state index contributed by atoms with van der Waals surface area (Å²) >= 11 is 2.50. The summed E-state index contributed by atoms with van der Waals surface area (Å²) in [6, 6.07) is 11.5. The van der Waals surface area contributed by atoms with Crippen LogP contribution in [0.2, 0.25) is 0 Å². The van der Waals surface area contributed by atoms with Crippen molar-refractivity contribution in [3.8, 4) is 0 Å². The van der Waals surface area contributed by atoms with Gasteiger partial charge in [-0.3, -0.25) is 0 Å². The van der Waals surface area contributed by atoms with Crippen molar-refractivity contribution in [2.45, 2.75) is 0 Å². The normalized spacial score (nSPS) is 10.4. The molecule has 0 aliphatic heterocycles. The monoisotopic (exact) mass is 301 g/mol. The van der Waals surface area contributed by atoms with Crippen molar-refractivity contribution < 1.29 is 4.42 Å². The minimum absolute atomic E-state index is 0.148. The molecule has 3 nitrogen and oxygen atoms in total. The van der Waals surface area contributed by atoms with Gasteiger partial charge in [0, 0.05) is 0 Å². The molecule has 86 valence electrons. The fourth-order valence-corrected chi connectivity index (χ4v) is 2.19. The van der Waals surface area contributed by atoms with Gasteiger partial charge in [0.1, 0.15) is 0 Å². The number of hydrogen-bond acceptors (Lipinski definition) is 3. The van der Waals surface area contributed by atoms with Crippen molar-refractivity contribution >= 4 is 47.7 Å². The van der Waals surface area contributed by atoms with Crippen molar-refractivity contribution in [1.29, 1.82) is 0 Å². The van der Waals surface area contributed by atoms with Crippen LogP contribution in [0.1, 0.15) is 0 Å². The SMILES string of the molecule is O=c1c(N=C=[Se])coc2c1ccc1ccccc12. The molecule has 0 bridgehead atoms. The van der Waals surface area contributed by atoms with Crippen molar-refractivity contribution in [2.75, 3.05) is 0 Å². The molecule has 3 rings (SSSR count). The van der Waals surface area contributed by atoms with Gasteiger partial charge < -0.3 is 0 Å². The number of aliphatic imine (C=N–C) groups is 1. The number of nitrogens with zero attached hydrogens (tertiary/aromatic N) is 1. The average Bonchev–Trinajstić information content (AvgIpc) is 2.42. The van der Waals surface area contributed by atoms with E-state index in [4.69, 9.17) is 4.42 Å². The molecule has 0 fully saturated rings. The zero-order chi connectivity index (χ0) is 12.5. The topological polar surface area (TPSA) is 42.6 Å². The van der Waals surface area contributed by atoms with Crippen LogP contribution < -0.4 is 5.43 Å². The molecule has 2 aromatic carbocycles. The number of rotatable bonds is 1. The Balaban J connectivity index is 2.52. The third-order valence-electron chi connectivity index (χ3n) is 2.81. The Morgan fingerprint density at radius 2 is 1.94 bits per heavy atom. The first-order valence-electron chi connectivity index (χ1n) is 5.32. The van der Waals surface area contributed by atoms with Gasteiger partial charge in [-0.1, -0.05) is 0 Å². The van der Waals surface area contributed by atoms with Crippen LogP contribution in [-0.4, -0.2) is 20.3 Å². The van der Waals surface area contributed by atoms with E-state index in [9.17, 15) is 4.79 Å². The predicted molar refractivity (Wildman–Crippen MR) is 72.8 cm³/mol. The van der Waals surface area contributed by atoms with Gasteiger partial charge in [0.25, 0.3) is 0 Å². The molecule has 0 amide bonds. The Kier molecular flexibility index (Phi) is 2.69. The van der Waals surface area contributed by atoms with E-state index in [2.05, 4.69) is 25.3 Å². The standard InChI is InChI=1S/C14H7NO2Se/c16-13-11-6-5-9-3-1-2-4-10(9)14(11)17-7-12(13)15-8-18/h1-7H. The van der Waals surface area contributed by atoms with Gasteiger partial charge in [-0.2, -0.15) is 0 Å². The van der Waals surface area contributed by atoms with Crippen LogP contribution in [-0.2, 0) is 0 Å². The molecule has 18 heavy (non-hydrogen) atoms. The van der Waals surface area contributed by atoms with Crippen LogP contribution in [0.25, 0.3) is 21.7 Å². The van der Waals surface area contributed by atoms with E-state index in [1.54, 1.807) is 6.07 Å². The minimum atomic E-state index is -0.148. The maximum atomic E-state index is 12.2. The number of hydrogen-bond donors (Lipinski definition) is 0. The summed E-state index contributed by atoms with van der Waals surface area (Å²) in [5.41, 5.74) is 0.693. The zero-order valence-corrected chi connectivity index (χ0v) is 10.9. The first-order valence-corrected chi connectivity index (χ1v) is 6.18. The quantitative estimate of drug-likeness (QED) is 0.394. The summed E-state index contributed by atoms with van der Waals surface area (Å²) in [7, 11) is 0. The molecule has 4 heteroatoms. The molecule has 0 aliphatic carbocycles. The van der Waals surface area contributed by atoms with Crippen molar-refractivity contribution in [3.63, 3.8) is 0 Å². The van der Waals surface area contributed by atoms with Crippen LogP contribution >= 0.6 is 0 Å². The molecule has 1 heterocycles. The maximum absolute atomic E-state index is 12.2. The van der Waals surface area contributed by atoms with Crippen molar-refractivity contribution in [2.24, 2.45) is 4.99 Å². The molecule has 0 saturated heterocycles. The van der Waals surface area contributed by atoms with E-state index < -0.39 is 0 Å². The molecular weight excluding hydrogens is 293 g/mol. The van der Waals surface area contributed by atoms with Gasteiger partial charge in [-0.15, -0.1) is 0 Å². The second kappa shape index (κ2) is 4.35. The molecule has 0 radical (unpaired) electrons. The molecule has 0 N–H and O–H groups in total. The Morgan fingerprint density at radius 3 is 2.78 bits per heavy atom. The molecule has 0 saturated carbocycles. The molecular formula is C14H7NO2Se. The molecule has 0 unspecified atom stereocenters. The van der Waals surface area contributed by atoms with E-state index in [1.807, 2.05) is 30.3 Å². The Hall–Kier alpha value is -1.99. The summed E-state index contributed by atoms with van der Waals surface area (Å²) in [6.45, 7) is 0. The third kappa shape index (κ3) is 1.64. The molecule has 0 spiro atoms. The fraction of sp³-hybridized carbons (Fsp3) is 0. The second-order valence-corrected chi connectivity index (χ2v) is 4.20. The van der Waals surface area contributed by atoms with Crippen LogP contribution in [0.4, 0.5) is 5.69 Å². The summed E-state index contributed by atoms with van der Waals surface area (Å²) < 4.78 is 8.01. The van der Waals surface area contributed by atoms with E-state index in [-0.39, 0.29) is 11.1 Å². The third-order valence-corrected chi connectivity index (χ3v) is 3.00. The molecule has 3 aromatic rings. The summed E-state index contributed by atoms with van der Waals surface area (Å²) in [6.07, 6.45) is 1.36. The van der Waals surface area contributed by atoms with E-state index in [1.165, 1.54) is 6.26 Å². The van der Waals surface area contributed by atoms with Crippen LogP contribution in [0.15, 0.2) is 56.9 Å². The van der Waals surface area contributed by atoms with Gasteiger partial charge in [-0.05, 0) is 0 Å². The van der Waals surface area contributed by atoms with E-state index in [0.717, 1.165) is 10.8 Å². The summed E-state index contributed by atoms with van der Waals surface area (Å²) in [4.78, 5) is 16.0. The van der Waals surface area contributed by atoms with E-state index in [0.29, 0.717) is 11.0 Å². The van der Waals surface area contributed by atoms with Crippen LogP contribution in [0, 0.1) is 0 Å². The predicted octanol–water partition coefficient (Wildman–Crippen LogP) is 2.65. The molecule has 0 aliphatic rings. The average molecular weight is 300 g/mol. The summed E-state index contributed by atoms with van der Waals surface area (Å²) in [5.74, 6) is 0. The van der Waals surface area contributed by atoms with E-state index >= 15 is 0 Å².